The van der Waals surface area contributed by atoms with E-state index in [9.17, 15) is 27.9 Å². The summed E-state index contributed by atoms with van der Waals surface area (Å²) >= 11 is 0. The van der Waals surface area contributed by atoms with E-state index in [2.05, 4.69) is 0 Å². The van der Waals surface area contributed by atoms with Crippen molar-refractivity contribution in [3.05, 3.63) is 35.9 Å². The van der Waals surface area contributed by atoms with Crippen molar-refractivity contribution in [3.8, 4) is 0 Å². The van der Waals surface area contributed by atoms with Crippen LogP contribution in [0.3, 0.4) is 0 Å². The second kappa shape index (κ2) is 8.71. The maximum atomic E-state index is 13.3. The van der Waals surface area contributed by atoms with Gasteiger partial charge in [-0.25, -0.2) is 4.79 Å². The molecule has 0 aromatic heterocycles. The van der Waals surface area contributed by atoms with Gasteiger partial charge in [0.1, 0.15) is 0 Å². The van der Waals surface area contributed by atoms with Crippen molar-refractivity contribution in [2.45, 2.75) is 70.6 Å². The maximum Gasteiger partial charge on any atom is 0.471 e. The summed E-state index contributed by atoms with van der Waals surface area (Å²) in [5, 5.41) is 9.51. The first-order chi connectivity index (χ1) is 14.4. The lowest BCUT2D eigenvalue weighted by atomic mass is 9.76. The molecule has 172 valence electrons. The van der Waals surface area contributed by atoms with Crippen molar-refractivity contribution in [3.63, 3.8) is 0 Å². The molecule has 0 bridgehead atoms. The van der Waals surface area contributed by atoms with Crippen LogP contribution in [-0.2, 0) is 4.79 Å². The first kappa shape index (κ1) is 23.4. The average Bonchev–Trinajstić information content (AvgIpc) is 3.47. The fourth-order valence-corrected chi connectivity index (χ4v) is 4.84. The zero-order chi connectivity index (χ0) is 23.0. The Labute approximate surface area is 181 Å². The average molecular weight is 441 g/mol. The lowest BCUT2D eigenvalue weighted by molar-refractivity contribution is -0.186. The van der Waals surface area contributed by atoms with Crippen molar-refractivity contribution < 1.29 is 27.9 Å². The van der Waals surface area contributed by atoms with E-state index < -0.39 is 24.2 Å². The van der Waals surface area contributed by atoms with Crippen LogP contribution in [-0.4, -0.2) is 58.3 Å². The van der Waals surface area contributed by atoms with Crippen LogP contribution in [0.5, 0.6) is 0 Å². The number of amides is 2. The number of benzene rings is 1. The Balaban J connectivity index is 1.68. The summed E-state index contributed by atoms with van der Waals surface area (Å²) in [7, 11) is 0. The minimum Gasteiger partial charge on any atom is -0.465 e. The number of piperidine rings is 1. The van der Waals surface area contributed by atoms with Crippen molar-refractivity contribution in [1.82, 2.24) is 9.80 Å². The van der Waals surface area contributed by atoms with Crippen LogP contribution < -0.4 is 0 Å². The van der Waals surface area contributed by atoms with Gasteiger partial charge in [0.05, 0.1) is 0 Å². The quantitative estimate of drug-likeness (QED) is 0.691. The highest BCUT2D eigenvalue weighted by Gasteiger charge is 2.52. The van der Waals surface area contributed by atoms with Crippen molar-refractivity contribution in [2.75, 3.05) is 13.1 Å². The fraction of sp³-hybridized carbons (Fsp3) is 0.652. The molecule has 4 atom stereocenters. The normalized spacial score (nSPS) is 26.5. The highest BCUT2D eigenvalue weighted by atomic mass is 19.4. The number of carbonyl (C=O) groups is 2. The van der Waals surface area contributed by atoms with Gasteiger partial charge in [-0.15, -0.1) is 0 Å². The van der Waals surface area contributed by atoms with E-state index in [0.29, 0.717) is 32.2 Å². The summed E-state index contributed by atoms with van der Waals surface area (Å²) in [6, 6.07) is 8.69. The summed E-state index contributed by atoms with van der Waals surface area (Å²) in [5.41, 5.74) is 0.683. The molecular weight excluding hydrogens is 409 g/mol. The molecule has 3 rings (SSSR count). The second-order valence-electron chi connectivity index (χ2n) is 9.85. The number of hydrogen-bond acceptors (Lipinski definition) is 2. The molecular formula is C23H31F3N2O3. The molecule has 1 aliphatic heterocycles. The Morgan fingerprint density at radius 2 is 1.77 bits per heavy atom. The van der Waals surface area contributed by atoms with Gasteiger partial charge in [0.25, 0.3) is 0 Å². The number of nitrogens with zero attached hydrogens (tertiary/aromatic N) is 2. The van der Waals surface area contributed by atoms with Crippen LogP contribution >= 0.6 is 0 Å². The minimum absolute atomic E-state index is 0.0426. The van der Waals surface area contributed by atoms with Crippen LogP contribution in [0.4, 0.5) is 18.0 Å². The Kier molecular flexibility index (Phi) is 6.58. The summed E-state index contributed by atoms with van der Waals surface area (Å²) in [5.74, 6) is -1.76. The van der Waals surface area contributed by atoms with Gasteiger partial charge in [-0.3, -0.25) is 4.79 Å². The van der Waals surface area contributed by atoms with E-state index in [-0.39, 0.29) is 29.8 Å². The minimum atomic E-state index is -4.90. The fourth-order valence-electron chi connectivity index (χ4n) is 4.84. The number of alkyl halides is 3. The smallest absolute Gasteiger partial charge is 0.465 e. The number of likely N-dealkylation sites (tertiary alicyclic amines) is 1. The molecule has 4 unspecified atom stereocenters. The molecule has 0 spiro atoms. The first-order valence-corrected chi connectivity index (χ1v) is 10.8. The van der Waals surface area contributed by atoms with E-state index in [0.717, 1.165) is 10.5 Å². The van der Waals surface area contributed by atoms with Crippen LogP contribution in [0.2, 0.25) is 0 Å². The highest BCUT2D eigenvalue weighted by Crippen LogP contribution is 2.46. The number of carbonyl (C=O) groups excluding carboxylic acids is 1. The molecule has 0 radical (unpaired) electrons. The standard InChI is InChI=1S/C23H31F3N2O3/c1-22(2,3)19-13-15(10-12-28(19)21(30)31)9-11-27(20(29)23(24,25)26)18-14-17(18)16-7-5-4-6-8-16/h4-8,15,17-19H,9-14H2,1-3H3,(H,30,31). The van der Waals surface area contributed by atoms with Gasteiger partial charge < -0.3 is 14.9 Å². The van der Waals surface area contributed by atoms with E-state index in [1.165, 1.54) is 4.90 Å². The molecule has 1 N–H and O–H groups in total. The molecule has 2 amide bonds. The maximum absolute atomic E-state index is 13.3. The van der Waals surface area contributed by atoms with Crippen LogP contribution in [0, 0.1) is 11.3 Å². The predicted molar refractivity (Wildman–Crippen MR) is 111 cm³/mol. The van der Waals surface area contributed by atoms with Crippen LogP contribution in [0.15, 0.2) is 30.3 Å². The van der Waals surface area contributed by atoms with Gasteiger partial charge in [-0.2, -0.15) is 13.2 Å². The summed E-state index contributed by atoms with van der Waals surface area (Å²) in [4.78, 5) is 26.2. The van der Waals surface area contributed by atoms with Gasteiger partial charge in [0, 0.05) is 31.1 Å². The Morgan fingerprint density at radius 3 is 2.32 bits per heavy atom. The molecule has 2 fully saturated rings. The molecule has 1 saturated heterocycles. The van der Waals surface area contributed by atoms with E-state index >= 15 is 0 Å². The third-order valence-electron chi connectivity index (χ3n) is 6.62. The molecule has 1 aromatic carbocycles. The topological polar surface area (TPSA) is 60.9 Å². The van der Waals surface area contributed by atoms with Crippen LogP contribution in [0.25, 0.3) is 0 Å². The second-order valence-corrected chi connectivity index (χ2v) is 9.85. The Bertz CT molecular complexity index is 791. The molecule has 1 aromatic rings. The molecule has 1 aliphatic carbocycles. The van der Waals surface area contributed by atoms with Crippen molar-refractivity contribution >= 4 is 12.0 Å². The Morgan fingerprint density at radius 1 is 1.13 bits per heavy atom. The monoisotopic (exact) mass is 440 g/mol. The van der Waals surface area contributed by atoms with Crippen LogP contribution in [0.1, 0.15) is 57.9 Å². The number of rotatable bonds is 5. The van der Waals surface area contributed by atoms with Crippen molar-refractivity contribution in [2.24, 2.45) is 11.3 Å². The zero-order valence-corrected chi connectivity index (χ0v) is 18.2. The van der Waals surface area contributed by atoms with E-state index in [1.54, 1.807) is 0 Å². The third kappa shape index (κ3) is 5.52. The van der Waals surface area contributed by atoms with Gasteiger partial charge in [-0.1, -0.05) is 51.1 Å². The molecule has 31 heavy (non-hydrogen) atoms. The third-order valence-corrected chi connectivity index (χ3v) is 6.62. The van der Waals surface area contributed by atoms with Gasteiger partial charge in [0.15, 0.2) is 0 Å². The molecule has 5 nitrogen and oxygen atoms in total. The highest BCUT2D eigenvalue weighted by molar-refractivity contribution is 5.82. The lowest BCUT2D eigenvalue weighted by Crippen LogP contribution is -2.52. The largest absolute Gasteiger partial charge is 0.471 e. The summed E-state index contributed by atoms with van der Waals surface area (Å²) < 4.78 is 39.8. The first-order valence-electron chi connectivity index (χ1n) is 10.8. The number of hydrogen-bond donors (Lipinski definition) is 1. The zero-order valence-electron chi connectivity index (χ0n) is 18.2. The molecule has 1 heterocycles. The number of carboxylic acid groups (broad SMARTS) is 1. The van der Waals surface area contributed by atoms with Crippen molar-refractivity contribution in [1.29, 1.82) is 0 Å². The SMILES string of the molecule is CC(C)(C)C1CC(CCN(C(=O)C(F)(F)F)C2CC2c2ccccc2)CCN1C(=O)O. The molecule has 1 saturated carbocycles. The molecule has 2 aliphatic rings. The van der Waals surface area contributed by atoms with Gasteiger partial charge in [-0.05, 0) is 42.6 Å². The summed E-state index contributed by atoms with van der Waals surface area (Å²) in [6.45, 7) is 6.34. The molecule has 8 heteroatoms. The summed E-state index contributed by atoms with van der Waals surface area (Å²) in [6.07, 6.45) is -3.69. The van der Waals surface area contributed by atoms with E-state index in [1.807, 2.05) is 51.1 Å². The Hall–Kier alpha value is -2.25. The number of halogens is 3. The van der Waals surface area contributed by atoms with E-state index in [4.69, 9.17) is 0 Å². The van der Waals surface area contributed by atoms with Gasteiger partial charge >= 0.3 is 18.2 Å². The lowest BCUT2D eigenvalue weighted by Gasteiger charge is -2.45. The van der Waals surface area contributed by atoms with Gasteiger partial charge in [0.2, 0.25) is 0 Å². The predicted octanol–water partition coefficient (Wildman–Crippen LogP) is 5.13.